The van der Waals surface area contributed by atoms with Gasteiger partial charge in [-0.3, -0.25) is 0 Å². The first kappa shape index (κ1) is 14.3. The summed E-state index contributed by atoms with van der Waals surface area (Å²) >= 11 is 5.17. The van der Waals surface area contributed by atoms with Crippen molar-refractivity contribution in [3.8, 4) is 0 Å². The van der Waals surface area contributed by atoms with Crippen LogP contribution in [0.1, 0.15) is 50.2 Å². The summed E-state index contributed by atoms with van der Waals surface area (Å²) in [5.74, 6) is 0.772. The molecule has 2 rings (SSSR count). The molecule has 3 heteroatoms. The van der Waals surface area contributed by atoms with Crippen molar-refractivity contribution in [1.29, 1.82) is 0 Å². The summed E-state index contributed by atoms with van der Waals surface area (Å²) in [5.41, 5.74) is 9.13. The highest BCUT2D eigenvalue weighted by Gasteiger charge is 2.24. The van der Waals surface area contributed by atoms with Crippen molar-refractivity contribution >= 4 is 22.9 Å². The molecule has 0 spiro atoms. The highest BCUT2D eigenvalue weighted by atomic mass is 32.1. The maximum absolute atomic E-state index is 5.85. The van der Waals surface area contributed by atoms with Crippen LogP contribution < -0.4 is 11.1 Å². The lowest BCUT2D eigenvalue weighted by atomic mass is 9.82. The first-order valence-electron chi connectivity index (χ1n) is 7.28. The van der Waals surface area contributed by atoms with Crippen molar-refractivity contribution in [2.75, 3.05) is 5.32 Å². The summed E-state index contributed by atoms with van der Waals surface area (Å²) in [5, 5.41) is 3.69. The fraction of sp³-hybridized carbons (Fsp3) is 0.562. The molecular formula is C16H24N2S. The Balaban J connectivity index is 2.20. The minimum Gasteiger partial charge on any atom is -0.389 e. The zero-order chi connectivity index (χ0) is 13.8. The molecule has 1 aliphatic rings. The highest BCUT2D eigenvalue weighted by Crippen LogP contribution is 2.30. The van der Waals surface area contributed by atoms with E-state index in [1.165, 1.54) is 37.7 Å². The molecule has 1 saturated carbocycles. The fourth-order valence-corrected chi connectivity index (χ4v) is 3.24. The molecule has 19 heavy (non-hydrogen) atoms. The van der Waals surface area contributed by atoms with E-state index in [1.54, 1.807) is 0 Å². The van der Waals surface area contributed by atoms with Gasteiger partial charge >= 0.3 is 0 Å². The van der Waals surface area contributed by atoms with Gasteiger partial charge in [-0.25, -0.2) is 0 Å². The Morgan fingerprint density at radius 3 is 2.79 bits per heavy atom. The van der Waals surface area contributed by atoms with Crippen LogP contribution in [0, 0.1) is 12.8 Å². The van der Waals surface area contributed by atoms with Gasteiger partial charge in [0.1, 0.15) is 4.99 Å². The van der Waals surface area contributed by atoms with Crippen LogP contribution in [0.5, 0.6) is 0 Å². The van der Waals surface area contributed by atoms with Gasteiger partial charge in [-0.15, -0.1) is 0 Å². The first-order chi connectivity index (χ1) is 9.11. The Labute approximate surface area is 121 Å². The average Bonchev–Trinajstić information content (AvgIpc) is 2.41. The van der Waals surface area contributed by atoms with E-state index in [2.05, 4.69) is 37.4 Å². The molecule has 2 unspecified atom stereocenters. The van der Waals surface area contributed by atoms with Crippen molar-refractivity contribution in [1.82, 2.24) is 0 Å². The number of hydrogen-bond acceptors (Lipinski definition) is 2. The summed E-state index contributed by atoms with van der Waals surface area (Å²) < 4.78 is 0. The van der Waals surface area contributed by atoms with E-state index in [-0.39, 0.29) is 0 Å². The van der Waals surface area contributed by atoms with E-state index >= 15 is 0 Å². The smallest absolute Gasteiger partial charge is 0.106 e. The minimum atomic E-state index is 0.482. The molecule has 2 atom stereocenters. The van der Waals surface area contributed by atoms with Gasteiger partial charge in [-0.2, -0.15) is 0 Å². The molecule has 0 saturated heterocycles. The van der Waals surface area contributed by atoms with Crippen molar-refractivity contribution < 1.29 is 0 Å². The van der Waals surface area contributed by atoms with Gasteiger partial charge in [0.2, 0.25) is 0 Å². The lowest BCUT2D eigenvalue weighted by Crippen LogP contribution is -2.32. The Bertz CT molecular complexity index is 456. The number of benzene rings is 1. The molecule has 0 aromatic heterocycles. The van der Waals surface area contributed by atoms with E-state index in [1.807, 2.05) is 0 Å². The van der Waals surface area contributed by atoms with Crippen molar-refractivity contribution in [3.05, 3.63) is 29.3 Å². The van der Waals surface area contributed by atoms with Crippen LogP contribution in [0.3, 0.4) is 0 Å². The normalized spacial score (nSPS) is 23.1. The van der Waals surface area contributed by atoms with E-state index in [4.69, 9.17) is 18.0 Å². The van der Waals surface area contributed by atoms with Gasteiger partial charge in [0.05, 0.1) is 0 Å². The molecule has 104 valence electrons. The molecular weight excluding hydrogens is 252 g/mol. The number of aryl methyl sites for hydroxylation is 1. The van der Waals surface area contributed by atoms with Gasteiger partial charge in [0.25, 0.3) is 0 Å². The monoisotopic (exact) mass is 276 g/mol. The molecule has 1 aromatic rings. The van der Waals surface area contributed by atoms with Crippen molar-refractivity contribution in [2.45, 2.75) is 52.0 Å². The second-order valence-electron chi connectivity index (χ2n) is 5.62. The molecule has 0 heterocycles. The van der Waals surface area contributed by atoms with Gasteiger partial charge in [-0.05, 0) is 37.8 Å². The second-order valence-corrected chi connectivity index (χ2v) is 6.06. The summed E-state index contributed by atoms with van der Waals surface area (Å²) in [4.78, 5) is 0.482. The Morgan fingerprint density at radius 2 is 2.11 bits per heavy atom. The number of anilines is 1. The summed E-state index contributed by atoms with van der Waals surface area (Å²) in [6.45, 7) is 4.36. The Hall–Kier alpha value is -1.09. The molecule has 1 fully saturated rings. The van der Waals surface area contributed by atoms with Crippen LogP contribution in [-0.4, -0.2) is 11.0 Å². The molecule has 0 amide bonds. The zero-order valence-corrected chi connectivity index (χ0v) is 12.7. The van der Waals surface area contributed by atoms with Crippen molar-refractivity contribution in [3.63, 3.8) is 0 Å². The molecule has 0 aliphatic heterocycles. The van der Waals surface area contributed by atoms with Gasteiger partial charge in [0, 0.05) is 17.3 Å². The third-order valence-corrected chi connectivity index (χ3v) is 4.43. The van der Waals surface area contributed by atoms with Crippen LogP contribution in [0.2, 0.25) is 0 Å². The predicted octanol–water partition coefficient (Wildman–Crippen LogP) is 4.01. The average molecular weight is 276 g/mol. The van der Waals surface area contributed by atoms with E-state index in [9.17, 15) is 0 Å². The molecule has 3 N–H and O–H groups in total. The third-order valence-electron chi connectivity index (χ3n) is 4.21. The van der Waals surface area contributed by atoms with Crippen LogP contribution in [0.4, 0.5) is 5.69 Å². The minimum absolute atomic E-state index is 0.482. The molecule has 2 nitrogen and oxygen atoms in total. The van der Waals surface area contributed by atoms with E-state index in [0.717, 1.165) is 17.2 Å². The largest absolute Gasteiger partial charge is 0.389 e. The molecule has 1 aromatic carbocycles. The van der Waals surface area contributed by atoms with Gasteiger partial charge < -0.3 is 11.1 Å². The van der Waals surface area contributed by atoms with E-state index in [0.29, 0.717) is 11.0 Å². The fourth-order valence-electron chi connectivity index (χ4n) is 3.07. The zero-order valence-electron chi connectivity index (χ0n) is 11.9. The van der Waals surface area contributed by atoms with Crippen LogP contribution in [0.15, 0.2) is 18.2 Å². The number of nitrogens with two attached hydrogens (primary N) is 1. The highest BCUT2D eigenvalue weighted by molar-refractivity contribution is 7.80. The van der Waals surface area contributed by atoms with Gasteiger partial charge in [-0.1, -0.05) is 50.0 Å². The third kappa shape index (κ3) is 3.47. The number of hydrogen-bond donors (Lipinski definition) is 2. The predicted molar refractivity (Wildman–Crippen MR) is 86.7 cm³/mol. The Morgan fingerprint density at radius 1 is 1.37 bits per heavy atom. The number of nitrogens with one attached hydrogen (secondary N) is 1. The lowest BCUT2D eigenvalue weighted by Gasteiger charge is -2.33. The number of rotatable bonds is 4. The summed E-state index contributed by atoms with van der Waals surface area (Å²) in [6, 6.07) is 6.88. The standard InChI is InChI=1S/C16H24N2S/c1-3-12-6-4-5-7-14(12)18-15-9-8-11(2)10-13(15)16(17)19/h8-10,12,14,18H,3-7H2,1-2H3,(H2,17,19). The first-order valence-corrected chi connectivity index (χ1v) is 7.69. The quantitative estimate of drug-likeness (QED) is 0.816. The maximum Gasteiger partial charge on any atom is 0.106 e. The molecule has 0 radical (unpaired) electrons. The lowest BCUT2D eigenvalue weighted by molar-refractivity contribution is 0.317. The van der Waals surface area contributed by atoms with Crippen LogP contribution in [-0.2, 0) is 0 Å². The SMILES string of the molecule is CCC1CCCCC1Nc1ccc(C)cc1C(N)=S. The van der Waals surface area contributed by atoms with Crippen LogP contribution in [0.25, 0.3) is 0 Å². The van der Waals surface area contributed by atoms with Gasteiger partial charge in [0.15, 0.2) is 0 Å². The molecule has 0 bridgehead atoms. The van der Waals surface area contributed by atoms with Crippen molar-refractivity contribution in [2.24, 2.45) is 11.7 Å². The number of thiocarbonyl (C=S) groups is 1. The summed E-state index contributed by atoms with van der Waals surface area (Å²) in [6.07, 6.45) is 6.52. The molecule has 1 aliphatic carbocycles. The maximum atomic E-state index is 5.85. The summed E-state index contributed by atoms with van der Waals surface area (Å²) in [7, 11) is 0. The second kappa shape index (κ2) is 6.38. The van der Waals surface area contributed by atoms with E-state index < -0.39 is 0 Å². The van der Waals surface area contributed by atoms with Crippen LogP contribution >= 0.6 is 12.2 Å². The topological polar surface area (TPSA) is 38.0 Å². The Kier molecular flexibility index (Phi) is 4.81.